The molecule has 0 bridgehead atoms. The van der Waals surface area contributed by atoms with Gasteiger partial charge in [0, 0.05) is 56.3 Å². The molecule has 0 atom stereocenters. The second-order valence-corrected chi connectivity index (χ2v) is 7.58. The van der Waals surface area contributed by atoms with Crippen molar-refractivity contribution in [3.63, 3.8) is 0 Å². The van der Waals surface area contributed by atoms with Crippen LogP contribution in [0, 0.1) is 17.6 Å². The van der Waals surface area contributed by atoms with Gasteiger partial charge in [-0.25, -0.2) is 22.2 Å². The zero-order valence-corrected chi connectivity index (χ0v) is 17.3. The van der Waals surface area contributed by atoms with E-state index in [0.29, 0.717) is 18.9 Å². The molecule has 1 aliphatic heterocycles. The van der Waals surface area contributed by atoms with E-state index < -0.39 is 67.1 Å². The molecule has 180 valence electrons. The van der Waals surface area contributed by atoms with Crippen LogP contribution in [0.4, 0.5) is 34.9 Å². The quantitative estimate of drug-likeness (QED) is 0.521. The molecule has 2 heterocycles. The van der Waals surface area contributed by atoms with Crippen LogP contribution in [0.15, 0.2) is 42.7 Å². The molecule has 1 saturated heterocycles. The monoisotopic (exact) mass is 484 g/mol. The van der Waals surface area contributed by atoms with Gasteiger partial charge in [0.15, 0.2) is 11.6 Å². The van der Waals surface area contributed by atoms with Crippen LogP contribution in [0.3, 0.4) is 0 Å². The number of halogens is 4. The van der Waals surface area contributed by atoms with Crippen LogP contribution in [-0.2, 0) is 4.79 Å². The number of carbonyl (C=O) groups excluding carboxylic acids is 1. The lowest BCUT2D eigenvalue weighted by Gasteiger charge is -2.36. The molecule has 34 heavy (non-hydrogen) atoms. The Hall–Kier alpha value is -3.63. The Bertz CT molecular complexity index is 1530. The number of piperazine rings is 1. The lowest BCUT2D eigenvalue weighted by Crippen LogP contribution is -2.49. The maximum atomic E-state index is 13.9. The number of anilines is 3. The fourth-order valence-corrected chi connectivity index (χ4v) is 3.17. The maximum Gasteiger partial charge on any atom is 0.263 e. The molecule has 0 unspecified atom stereocenters. The minimum atomic E-state index is -3.46. The number of alkyl halides is 2. The zero-order valence-electron chi connectivity index (χ0n) is 25.3. The van der Waals surface area contributed by atoms with Gasteiger partial charge in [-0.05, 0) is 43.2 Å². The molecule has 1 aromatic heterocycles. The predicted octanol–water partition coefficient (Wildman–Crippen LogP) is 4.53. The highest BCUT2D eigenvalue weighted by Crippen LogP contribution is 2.33. The molecule has 0 radical (unpaired) electrons. The standard InChI is InChI=1S/C23H22F4N6O.H2/c24-19-4-3-17(12-20(19)25)33-13-28-23(30-33)29-16-9-15(21(26)27)10-18(11-16)31-5-7-32(8-6-31)22(34)14-1-2-14;/h3-4,9-14,21H,1-2,5-8H2,(H,29,30);1H/i5D2,6D2,7D2,8D2;. The summed E-state index contributed by atoms with van der Waals surface area (Å²) in [6.45, 7) is -13.8. The molecule has 1 amide bonds. The summed E-state index contributed by atoms with van der Waals surface area (Å²) in [4.78, 5) is 16.8. The number of aromatic nitrogens is 3. The van der Waals surface area contributed by atoms with E-state index in [-0.39, 0.29) is 28.5 Å². The van der Waals surface area contributed by atoms with Crippen LogP contribution in [0.5, 0.6) is 0 Å². The fraction of sp³-hybridized carbons (Fsp3) is 0.348. The van der Waals surface area contributed by atoms with Gasteiger partial charge < -0.3 is 15.1 Å². The van der Waals surface area contributed by atoms with Crippen LogP contribution in [0.25, 0.3) is 5.69 Å². The van der Waals surface area contributed by atoms with Crippen LogP contribution >= 0.6 is 0 Å². The summed E-state index contributed by atoms with van der Waals surface area (Å²) in [5, 5.41) is 6.58. The van der Waals surface area contributed by atoms with Crippen LogP contribution < -0.4 is 10.2 Å². The summed E-state index contributed by atoms with van der Waals surface area (Å²) in [5.74, 6) is -4.38. The number of nitrogens with one attached hydrogen (secondary N) is 1. The Morgan fingerprint density at radius 1 is 1.06 bits per heavy atom. The van der Waals surface area contributed by atoms with E-state index in [1.54, 1.807) is 0 Å². The number of hydrogen-bond donors (Lipinski definition) is 1. The van der Waals surface area contributed by atoms with E-state index in [1.165, 1.54) is 6.07 Å². The molecule has 3 aromatic rings. The Morgan fingerprint density at radius 3 is 2.50 bits per heavy atom. The third kappa shape index (κ3) is 4.68. The minimum Gasteiger partial charge on any atom is -0.368 e. The summed E-state index contributed by atoms with van der Waals surface area (Å²) < 4.78 is 124. The summed E-state index contributed by atoms with van der Waals surface area (Å²) >= 11 is 0. The van der Waals surface area contributed by atoms with E-state index in [9.17, 15) is 22.4 Å². The summed E-state index contributed by atoms with van der Waals surface area (Å²) in [6.07, 6.45) is -1.46. The molecule has 2 aromatic carbocycles. The van der Waals surface area contributed by atoms with Gasteiger partial charge >= 0.3 is 0 Å². The van der Waals surface area contributed by atoms with E-state index in [0.717, 1.165) is 35.3 Å². The molecular formula is C23H24F4N6O. The normalized spacial score (nSPS) is 25.7. The fourth-order valence-electron chi connectivity index (χ4n) is 3.17. The molecule has 0 spiro atoms. The third-order valence-electron chi connectivity index (χ3n) is 5.06. The molecule has 7 nitrogen and oxygen atoms in total. The van der Waals surface area contributed by atoms with Gasteiger partial charge in [0.05, 0.1) is 16.7 Å². The zero-order chi connectivity index (χ0) is 31.0. The highest BCUT2D eigenvalue weighted by Gasteiger charge is 2.34. The summed E-state index contributed by atoms with van der Waals surface area (Å²) in [6, 6.07) is 5.45. The lowest BCUT2D eigenvalue weighted by molar-refractivity contribution is -0.132. The van der Waals surface area contributed by atoms with Crippen LogP contribution in [0.1, 0.15) is 37.2 Å². The second kappa shape index (κ2) is 8.96. The Morgan fingerprint density at radius 2 is 1.82 bits per heavy atom. The van der Waals surface area contributed by atoms with Gasteiger partial charge in [-0.2, -0.15) is 4.98 Å². The minimum absolute atomic E-state index is 0. The van der Waals surface area contributed by atoms with Crippen molar-refractivity contribution in [3.05, 3.63) is 59.9 Å². The molecule has 1 N–H and O–H groups in total. The molecule has 5 rings (SSSR count). The first-order valence-electron chi connectivity index (χ1n) is 14.1. The van der Waals surface area contributed by atoms with Gasteiger partial charge in [-0.3, -0.25) is 4.79 Å². The van der Waals surface area contributed by atoms with Gasteiger partial charge in [0.25, 0.3) is 6.43 Å². The molecule has 11 heteroatoms. The van der Waals surface area contributed by atoms with Crippen molar-refractivity contribution >= 4 is 23.2 Å². The van der Waals surface area contributed by atoms with E-state index in [4.69, 9.17) is 11.0 Å². The third-order valence-corrected chi connectivity index (χ3v) is 5.06. The average Bonchev–Trinajstić information content (AvgIpc) is 3.63. The van der Waals surface area contributed by atoms with Crippen molar-refractivity contribution in [2.24, 2.45) is 5.92 Å². The van der Waals surface area contributed by atoms with Crippen molar-refractivity contribution < 1.29 is 34.7 Å². The summed E-state index contributed by atoms with van der Waals surface area (Å²) in [7, 11) is 0. The highest BCUT2D eigenvalue weighted by atomic mass is 19.3. The number of nitrogens with zero attached hydrogens (tertiary/aromatic N) is 5. The number of hydrogen-bond acceptors (Lipinski definition) is 5. The van der Waals surface area contributed by atoms with Crippen molar-refractivity contribution in [1.82, 2.24) is 19.7 Å². The topological polar surface area (TPSA) is 66.3 Å². The molecule has 1 aliphatic carbocycles. The van der Waals surface area contributed by atoms with E-state index >= 15 is 0 Å². The number of carbonyl (C=O) groups is 1. The van der Waals surface area contributed by atoms with Gasteiger partial charge in [0.1, 0.15) is 6.33 Å². The van der Waals surface area contributed by atoms with Gasteiger partial charge in [0.2, 0.25) is 11.9 Å². The molecule has 2 aliphatic rings. The van der Waals surface area contributed by atoms with Gasteiger partial charge in [-0.1, -0.05) is 0 Å². The molecule has 1 saturated carbocycles. The lowest BCUT2D eigenvalue weighted by atomic mass is 10.1. The van der Waals surface area contributed by atoms with E-state index in [1.807, 2.05) is 0 Å². The molecule has 2 fully saturated rings. The summed E-state index contributed by atoms with van der Waals surface area (Å²) in [5.41, 5.74) is -1.60. The van der Waals surface area contributed by atoms with Crippen LogP contribution in [0.2, 0.25) is 0 Å². The van der Waals surface area contributed by atoms with Crippen LogP contribution in [-0.4, -0.2) is 51.6 Å². The second-order valence-electron chi connectivity index (χ2n) is 7.58. The SMILES string of the molecule is [2H]C1([2H])N(C(=O)C2CC2)C([2H])([2H])C([2H])([2H])N(c2cc(Nc3ncn(-c4ccc(F)c(F)c4)n3)cc(C(F)F)c2)C1([2H])[2H].[HH]. The Labute approximate surface area is 205 Å². The number of benzene rings is 2. The van der Waals surface area contributed by atoms with Crippen molar-refractivity contribution in [2.75, 3.05) is 36.2 Å². The Balaban J connectivity index is 0.00000423. The smallest absolute Gasteiger partial charge is 0.263 e. The largest absolute Gasteiger partial charge is 0.368 e. The first-order valence-corrected chi connectivity index (χ1v) is 10.1. The molecular weight excluding hydrogens is 452 g/mol. The van der Waals surface area contributed by atoms with Crippen molar-refractivity contribution in [1.29, 1.82) is 0 Å². The maximum absolute atomic E-state index is 13.9. The average molecular weight is 485 g/mol. The Kier molecular flexibility index (Phi) is 3.84. The first kappa shape index (κ1) is 14.6. The first-order chi connectivity index (χ1) is 19.4. The highest BCUT2D eigenvalue weighted by molar-refractivity contribution is 5.81. The van der Waals surface area contributed by atoms with Crippen molar-refractivity contribution in [2.45, 2.75) is 19.3 Å². The number of rotatable bonds is 6. The predicted molar refractivity (Wildman–Crippen MR) is 120 cm³/mol. The van der Waals surface area contributed by atoms with E-state index in [2.05, 4.69) is 15.4 Å². The number of amides is 1. The van der Waals surface area contributed by atoms with Gasteiger partial charge in [-0.15, -0.1) is 5.10 Å². The van der Waals surface area contributed by atoms with Crippen molar-refractivity contribution in [3.8, 4) is 5.69 Å².